The molecule has 0 atom stereocenters. The standard InChI is InChI=1S/C19H15NO4.C19H17NO3.C18H13NO5.C18H13NO4.C14H15NO3.C13H13NO3/c21-16-10-18(24-12-17(16)22)19(23)20-11-13-6-8-15(9-7-13)14-4-2-1-3-5-14;21-18-10-17(23-13-19(18)22)12-20-11-14-6-8-16(9-7-14)15-4-2-1-3-5-15;20-15-10-17(23-11-16(15)21)18(22)19-12-6-8-14(9-7-12)24-13-4-2-1-3-5-13;20-15-10-17(23-11-16(15)21)18(22)19-14-8-6-13(7-9-14)12-4-2-1-3-5-12;16-13-8-12(18-10-14(13)17)9-15-7-6-11-4-2-1-3-5-11;15-12-6-11(17-9-13(12)16)8-14-7-10-4-2-1-3-5-10/h1-10,12,22H,11H2,(H,20,23);1-10,13,20,22H,11-12H2;1-11,21H,(H,19,22);1-11,21H,(H,19,22);1-5,8,10,15,17H,6-7,9H2;1-6,9,14,16H,7-8H2. The Hall–Kier alpha value is -17.2. The second kappa shape index (κ2) is 48.0. The Kier molecular flexibility index (Phi) is 34.4. The highest BCUT2D eigenvalue weighted by molar-refractivity contribution is 6.03. The Morgan fingerprint density at radius 3 is 0.884 bits per heavy atom. The van der Waals surface area contributed by atoms with E-state index < -0.39 is 67.5 Å². The number of hydrogen-bond donors (Lipinski definition) is 12. The molecule has 28 nitrogen and oxygen atoms in total. The van der Waals surface area contributed by atoms with Gasteiger partial charge in [-0.15, -0.1) is 0 Å². The number of carbonyl (C=O) groups excluding carboxylic acids is 3. The van der Waals surface area contributed by atoms with Crippen LogP contribution in [0.25, 0.3) is 33.4 Å². The minimum absolute atomic E-state index is 0.140. The average Bonchev–Trinajstić information content (AvgIpc) is 0.845. The Balaban J connectivity index is 0.000000150. The first-order valence-electron chi connectivity index (χ1n) is 39.9. The summed E-state index contributed by atoms with van der Waals surface area (Å²) in [6.45, 7) is 3.82. The van der Waals surface area contributed by atoms with Crippen molar-refractivity contribution < 1.29 is 76.3 Å². The van der Waals surface area contributed by atoms with Crippen LogP contribution in [-0.2, 0) is 45.7 Å². The summed E-state index contributed by atoms with van der Waals surface area (Å²) >= 11 is 0. The zero-order valence-corrected chi connectivity index (χ0v) is 68.9. The van der Waals surface area contributed by atoms with Gasteiger partial charge in [-0.25, -0.2) is 0 Å². The van der Waals surface area contributed by atoms with Gasteiger partial charge in [0.2, 0.25) is 32.6 Å². The summed E-state index contributed by atoms with van der Waals surface area (Å²) in [5.74, 6) is -2.02. The lowest BCUT2D eigenvalue weighted by atomic mass is 10.0. The maximum atomic E-state index is 12.0. The number of nitrogens with one attached hydrogen (secondary N) is 6. The SMILES string of the molecule is O=C(NCc1ccc(-c2ccccc2)cc1)c1cc(=O)c(O)co1.O=C(Nc1ccc(-c2ccccc2)cc1)c1cc(=O)c(O)co1.O=C(Nc1ccc(Oc2ccccc2)cc1)c1cc(=O)c(O)co1.O=c1cc(CNCCc2ccccc2)occ1O.O=c1cc(CNCc2ccc(-c3ccccc3)cc2)occ1O.O=c1cc(CNCc2ccccc2)occ1O. The molecule has 0 unspecified atom stereocenters. The van der Waals surface area contributed by atoms with Gasteiger partial charge in [0.25, 0.3) is 17.7 Å². The van der Waals surface area contributed by atoms with Gasteiger partial charge < -0.3 is 93.8 Å². The van der Waals surface area contributed by atoms with Crippen molar-refractivity contribution in [3.8, 4) is 79.4 Å². The lowest BCUT2D eigenvalue weighted by Crippen LogP contribution is -2.23. The van der Waals surface area contributed by atoms with E-state index in [9.17, 15) is 43.2 Å². The maximum absolute atomic E-state index is 12.0. The molecule has 16 rings (SSSR count). The van der Waals surface area contributed by atoms with Gasteiger partial charge in [0.05, 0.1) is 19.6 Å². The lowest BCUT2D eigenvalue weighted by molar-refractivity contribution is 0.0918. The van der Waals surface area contributed by atoms with Crippen molar-refractivity contribution in [1.29, 1.82) is 0 Å². The molecule has 0 saturated heterocycles. The second-order valence-corrected chi connectivity index (χ2v) is 28.0. The fraction of sp³-hybridized carbons (Fsp3) is 0.0792. The third kappa shape index (κ3) is 30.1. The van der Waals surface area contributed by atoms with Crippen molar-refractivity contribution >= 4 is 29.1 Å². The maximum Gasteiger partial charge on any atom is 0.291 e. The normalized spacial score (nSPS) is 10.4. The summed E-state index contributed by atoms with van der Waals surface area (Å²) in [6.07, 6.45) is 6.63. The third-order valence-electron chi connectivity index (χ3n) is 18.5. The van der Waals surface area contributed by atoms with Crippen LogP contribution in [0.4, 0.5) is 11.4 Å². The smallest absolute Gasteiger partial charge is 0.291 e. The number of aromatic hydroxyl groups is 6. The molecule has 12 N–H and O–H groups in total. The van der Waals surface area contributed by atoms with Crippen molar-refractivity contribution in [2.45, 2.75) is 45.7 Å². The molecule has 0 spiro atoms. The Morgan fingerprint density at radius 1 is 0.256 bits per heavy atom. The van der Waals surface area contributed by atoms with Crippen molar-refractivity contribution in [3.05, 3.63) is 471 Å². The highest BCUT2D eigenvalue weighted by atomic mass is 16.5. The van der Waals surface area contributed by atoms with Crippen LogP contribution in [0.5, 0.6) is 46.0 Å². The molecule has 6 heterocycles. The van der Waals surface area contributed by atoms with E-state index in [0.717, 1.165) is 108 Å². The first-order chi connectivity index (χ1) is 62.6. The molecule has 0 radical (unpaired) electrons. The highest BCUT2D eigenvalue weighted by Gasteiger charge is 2.16. The summed E-state index contributed by atoms with van der Waals surface area (Å²) in [6, 6.07) is 96.3. The second-order valence-electron chi connectivity index (χ2n) is 28.0. The topological polar surface area (TPSA) is 435 Å². The molecular weight excluding hydrogens is 1650 g/mol. The molecule has 0 aliphatic carbocycles. The zero-order valence-electron chi connectivity index (χ0n) is 68.9. The number of hydrogen-bond acceptors (Lipinski definition) is 25. The molecule has 0 aliphatic heterocycles. The van der Waals surface area contributed by atoms with Gasteiger partial charge >= 0.3 is 0 Å². The van der Waals surface area contributed by atoms with E-state index in [2.05, 4.69) is 80.4 Å². The fourth-order valence-corrected chi connectivity index (χ4v) is 11.7. The lowest BCUT2D eigenvalue weighted by Gasteiger charge is -2.07. The predicted octanol–water partition coefficient (Wildman–Crippen LogP) is 16.2. The van der Waals surface area contributed by atoms with Gasteiger partial charge in [-0.1, -0.05) is 231 Å². The molecule has 129 heavy (non-hydrogen) atoms. The molecule has 0 saturated carbocycles. The predicted molar refractivity (Wildman–Crippen MR) is 485 cm³/mol. The van der Waals surface area contributed by atoms with Gasteiger partial charge in [0.15, 0.2) is 51.8 Å². The zero-order chi connectivity index (χ0) is 91.1. The molecule has 3 amide bonds. The van der Waals surface area contributed by atoms with Crippen LogP contribution < -0.4 is 69.2 Å². The summed E-state index contributed by atoms with van der Waals surface area (Å²) in [5.41, 5.74) is 8.99. The molecule has 0 bridgehead atoms. The van der Waals surface area contributed by atoms with Gasteiger partial charge in [-0.3, -0.25) is 43.2 Å². The molecule has 16 aromatic rings. The molecule has 28 heteroatoms. The van der Waals surface area contributed by atoms with Crippen LogP contribution in [0.15, 0.2) is 408 Å². The van der Waals surface area contributed by atoms with Crippen LogP contribution in [-0.4, -0.2) is 54.9 Å². The van der Waals surface area contributed by atoms with E-state index in [1.54, 1.807) is 36.4 Å². The third-order valence-corrected chi connectivity index (χ3v) is 18.5. The average molecular weight is 1740 g/mol. The minimum Gasteiger partial charge on any atom is -0.502 e. The molecule has 0 fully saturated rings. The quantitative estimate of drug-likeness (QED) is 0.0236. The van der Waals surface area contributed by atoms with Gasteiger partial charge in [-0.05, 0) is 117 Å². The highest BCUT2D eigenvalue weighted by Crippen LogP contribution is 2.26. The van der Waals surface area contributed by atoms with E-state index >= 15 is 0 Å². The van der Waals surface area contributed by atoms with Gasteiger partial charge in [0.1, 0.15) is 66.4 Å². The summed E-state index contributed by atoms with van der Waals surface area (Å²) in [7, 11) is 0. The number of amides is 3. The summed E-state index contributed by atoms with van der Waals surface area (Å²) in [4.78, 5) is 103. The van der Waals surface area contributed by atoms with Crippen molar-refractivity contribution in [2.75, 3.05) is 17.2 Å². The fourth-order valence-electron chi connectivity index (χ4n) is 11.7. The number of anilines is 2. The summed E-state index contributed by atoms with van der Waals surface area (Å²) in [5, 5.41) is 72.0. The summed E-state index contributed by atoms with van der Waals surface area (Å²) < 4.78 is 35.6. The molecule has 6 aromatic heterocycles. The van der Waals surface area contributed by atoms with Crippen LogP contribution >= 0.6 is 0 Å². The first-order valence-corrected chi connectivity index (χ1v) is 39.9. The van der Waals surface area contributed by atoms with E-state index in [1.165, 1.54) is 34.9 Å². The van der Waals surface area contributed by atoms with Crippen LogP contribution in [0.2, 0.25) is 0 Å². The van der Waals surface area contributed by atoms with Gasteiger partial charge in [-0.2, -0.15) is 0 Å². The number of ether oxygens (including phenoxy) is 1. The van der Waals surface area contributed by atoms with Crippen LogP contribution in [0.1, 0.15) is 71.2 Å². The molecule has 10 aromatic carbocycles. The Morgan fingerprint density at radius 2 is 0.527 bits per heavy atom. The Bertz CT molecular complexity index is 6660. The van der Waals surface area contributed by atoms with E-state index in [0.29, 0.717) is 79.4 Å². The molecule has 652 valence electrons. The van der Waals surface area contributed by atoms with Crippen molar-refractivity contribution in [1.82, 2.24) is 21.3 Å². The monoisotopic (exact) mass is 1730 g/mol. The van der Waals surface area contributed by atoms with Crippen LogP contribution in [0, 0.1) is 0 Å². The van der Waals surface area contributed by atoms with Crippen molar-refractivity contribution in [3.63, 3.8) is 0 Å². The largest absolute Gasteiger partial charge is 0.502 e. The minimum atomic E-state index is -0.682. The number of rotatable bonds is 25. The number of benzene rings is 10. The first kappa shape index (κ1) is 92.5. The molecule has 0 aliphatic rings. The van der Waals surface area contributed by atoms with Gasteiger partial charge in [0, 0.05) is 67.4 Å². The molecular formula is C101H86N6O22. The number of carbonyl (C=O) groups is 3. The number of para-hydroxylation sites is 1. The van der Waals surface area contributed by atoms with E-state index in [-0.39, 0.29) is 34.5 Å². The van der Waals surface area contributed by atoms with E-state index in [1.807, 2.05) is 194 Å². The van der Waals surface area contributed by atoms with Crippen molar-refractivity contribution in [2.24, 2.45) is 0 Å². The van der Waals surface area contributed by atoms with Crippen LogP contribution in [0.3, 0.4) is 0 Å². The Labute approximate surface area is 736 Å². The van der Waals surface area contributed by atoms with E-state index in [4.69, 9.17) is 61.9 Å².